The van der Waals surface area contributed by atoms with Crippen LogP contribution in [0.5, 0.6) is 5.75 Å². The Morgan fingerprint density at radius 2 is 2.07 bits per heavy atom. The van der Waals surface area contributed by atoms with Gasteiger partial charge in [0.1, 0.15) is 5.75 Å². The van der Waals surface area contributed by atoms with E-state index in [9.17, 15) is 4.79 Å². The van der Waals surface area contributed by atoms with Crippen LogP contribution in [0.2, 0.25) is 0 Å². The van der Waals surface area contributed by atoms with Crippen molar-refractivity contribution >= 4 is 35.8 Å². The van der Waals surface area contributed by atoms with Crippen LogP contribution in [0, 0.1) is 5.92 Å². The standard InChI is InChI=1S/C20H33N5O2.HI/c1-22-20(25-11-5-6-15(14-25)12-19(21)26)23-13-18(24(2)3)16-7-9-17(27-4)10-8-16;/h7-10,15,18H,5-6,11-14H2,1-4H3,(H2,21,26)(H,22,23);1H. The number of nitrogens with two attached hydrogens (primary N) is 1. The zero-order valence-corrected chi connectivity index (χ0v) is 19.7. The minimum Gasteiger partial charge on any atom is -0.497 e. The van der Waals surface area contributed by atoms with E-state index in [0.717, 1.165) is 44.2 Å². The van der Waals surface area contributed by atoms with Crippen molar-refractivity contribution in [1.29, 1.82) is 0 Å². The van der Waals surface area contributed by atoms with Crippen molar-refractivity contribution in [1.82, 2.24) is 15.1 Å². The van der Waals surface area contributed by atoms with Gasteiger partial charge in [0.05, 0.1) is 13.2 Å². The molecule has 0 radical (unpaired) electrons. The average Bonchev–Trinajstić information content (AvgIpc) is 2.65. The quantitative estimate of drug-likeness (QED) is 0.338. The summed E-state index contributed by atoms with van der Waals surface area (Å²) in [6.07, 6.45) is 2.54. The molecule has 1 saturated heterocycles. The fourth-order valence-electron chi connectivity index (χ4n) is 3.65. The minimum absolute atomic E-state index is 0. The topological polar surface area (TPSA) is 83.2 Å². The van der Waals surface area contributed by atoms with Crippen molar-refractivity contribution in [3.8, 4) is 5.75 Å². The Hall–Kier alpha value is -1.55. The average molecular weight is 503 g/mol. The molecule has 0 spiro atoms. The van der Waals surface area contributed by atoms with Crippen LogP contribution in [0.3, 0.4) is 0 Å². The lowest BCUT2D eigenvalue weighted by atomic mass is 9.95. The van der Waals surface area contributed by atoms with Gasteiger partial charge < -0.3 is 25.6 Å². The number of hydrogen-bond acceptors (Lipinski definition) is 4. The summed E-state index contributed by atoms with van der Waals surface area (Å²) in [5, 5.41) is 3.51. The van der Waals surface area contributed by atoms with Crippen LogP contribution in [-0.2, 0) is 4.79 Å². The van der Waals surface area contributed by atoms with E-state index < -0.39 is 0 Å². The molecule has 1 aromatic carbocycles. The van der Waals surface area contributed by atoms with E-state index in [2.05, 4.69) is 46.3 Å². The molecular formula is C20H34IN5O2. The van der Waals surface area contributed by atoms with E-state index in [4.69, 9.17) is 10.5 Å². The van der Waals surface area contributed by atoms with Gasteiger partial charge >= 0.3 is 0 Å². The molecule has 3 N–H and O–H groups in total. The molecular weight excluding hydrogens is 469 g/mol. The van der Waals surface area contributed by atoms with Gasteiger partial charge in [0, 0.05) is 33.1 Å². The largest absolute Gasteiger partial charge is 0.497 e. The summed E-state index contributed by atoms with van der Waals surface area (Å²) in [7, 11) is 7.62. The second-order valence-corrected chi connectivity index (χ2v) is 7.31. The molecule has 1 heterocycles. The minimum atomic E-state index is -0.225. The van der Waals surface area contributed by atoms with Crippen LogP contribution < -0.4 is 15.8 Å². The van der Waals surface area contributed by atoms with Crippen molar-refractivity contribution in [2.75, 3.05) is 47.9 Å². The molecule has 8 heteroatoms. The third-order valence-electron chi connectivity index (χ3n) is 5.10. The molecule has 2 rings (SSSR count). The Bertz CT molecular complexity index is 636. The Kier molecular flexibility index (Phi) is 10.6. The maximum absolute atomic E-state index is 11.2. The molecule has 0 aliphatic carbocycles. The highest BCUT2D eigenvalue weighted by atomic mass is 127. The number of nitrogens with zero attached hydrogens (tertiary/aromatic N) is 3. The number of methoxy groups -OCH3 is 1. The molecule has 2 atom stereocenters. The van der Waals surface area contributed by atoms with E-state index in [0.29, 0.717) is 12.3 Å². The summed E-state index contributed by atoms with van der Waals surface area (Å²) in [5.74, 6) is 1.82. The summed E-state index contributed by atoms with van der Waals surface area (Å²) < 4.78 is 5.25. The van der Waals surface area contributed by atoms with E-state index in [1.165, 1.54) is 5.56 Å². The first-order valence-electron chi connectivity index (χ1n) is 9.48. The predicted molar refractivity (Wildman–Crippen MR) is 124 cm³/mol. The number of likely N-dealkylation sites (N-methyl/N-ethyl adjacent to an activating group) is 1. The number of carbonyl (C=O) groups excluding carboxylic acids is 1. The number of likely N-dealkylation sites (tertiary alicyclic amines) is 1. The molecule has 1 aliphatic heterocycles. The van der Waals surface area contributed by atoms with E-state index >= 15 is 0 Å². The monoisotopic (exact) mass is 503 g/mol. The van der Waals surface area contributed by atoms with Crippen molar-refractivity contribution in [2.24, 2.45) is 16.6 Å². The summed E-state index contributed by atoms with van der Waals surface area (Å²) in [6, 6.07) is 8.37. The first-order chi connectivity index (χ1) is 12.9. The Morgan fingerprint density at radius 1 is 1.39 bits per heavy atom. The van der Waals surface area contributed by atoms with Gasteiger partial charge in [-0.15, -0.1) is 24.0 Å². The number of piperidine rings is 1. The zero-order chi connectivity index (χ0) is 19.8. The molecule has 0 saturated carbocycles. The lowest BCUT2D eigenvalue weighted by molar-refractivity contribution is -0.119. The third kappa shape index (κ3) is 7.12. The summed E-state index contributed by atoms with van der Waals surface area (Å²) in [4.78, 5) is 20.1. The number of benzene rings is 1. The number of primary amides is 1. The maximum Gasteiger partial charge on any atom is 0.217 e. The van der Waals surface area contributed by atoms with Gasteiger partial charge in [0.25, 0.3) is 0 Å². The number of guanidine groups is 1. The van der Waals surface area contributed by atoms with Gasteiger partial charge in [-0.3, -0.25) is 9.79 Å². The zero-order valence-electron chi connectivity index (χ0n) is 17.4. The highest BCUT2D eigenvalue weighted by Crippen LogP contribution is 2.22. The summed E-state index contributed by atoms with van der Waals surface area (Å²) in [6.45, 7) is 2.50. The van der Waals surface area contributed by atoms with Gasteiger partial charge in [0.2, 0.25) is 5.91 Å². The Morgan fingerprint density at radius 3 is 2.61 bits per heavy atom. The van der Waals surface area contributed by atoms with Crippen LogP contribution in [0.1, 0.15) is 30.9 Å². The van der Waals surface area contributed by atoms with Crippen LogP contribution in [-0.4, -0.2) is 69.6 Å². The number of rotatable bonds is 7. The van der Waals surface area contributed by atoms with Crippen molar-refractivity contribution in [2.45, 2.75) is 25.3 Å². The van der Waals surface area contributed by atoms with Crippen molar-refractivity contribution in [3.05, 3.63) is 29.8 Å². The van der Waals surface area contributed by atoms with Crippen molar-refractivity contribution in [3.63, 3.8) is 0 Å². The van der Waals surface area contributed by atoms with Gasteiger partial charge in [-0.1, -0.05) is 12.1 Å². The van der Waals surface area contributed by atoms with Gasteiger partial charge in [0.15, 0.2) is 5.96 Å². The number of ether oxygens (including phenoxy) is 1. The number of amides is 1. The smallest absolute Gasteiger partial charge is 0.217 e. The molecule has 0 aromatic heterocycles. The molecule has 28 heavy (non-hydrogen) atoms. The SMILES string of the molecule is CN=C(NCC(c1ccc(OC)cc1)N(C)C)N1CCCC(CC(N)=O)C1.I. The van der Waals surface area contributed by atoms with Crippen LogP contribution in [0.25, 0.3) is 0 Å². The fraction of sp³-hybridized carbons (Fsp3) is 0.600. The Labute approximate surface area is 185 Å². The van der Waals surface area contributed by atoms with Crippen LogP contribution >= 0.6 is 24.0 Å². The molecule has 158 valence electrons. The highest BCUT2D eigenvalue weighted by molar-refractivity contribution is 14.0. The second kappa shape index (κ2) is 12.1. The normalized spacial score (nSPS) is 18.4. The summed E-state index contributed by atoms with van der Waals surface area (Å²) in [5.41, 5.74) is 6.59. The third-order valence-corrected chi connectivity index (χ3v) is 5.10. The molecule has 7 nitrogen and oxygen atoms in total. The summed E-state index contributed by atoms with van der Waals surface area (Å²) >= 11 is 0. The first kappa shape index (κ1) is 24.5. The predicted octanol–water partition coefficient (Wildman–Crippen LogP) is 2.08. The fourth-order valence-corrected chi connectivity index (χ4v) is 3.65. The molecule has 1 amide bonds. The number of halogens is 1. The second-order valence-electron chi connectivity index (χ2n) is 7.31. The van der Waals surface area contributed by atoms with Gasteiger partial charge in [-0.2, -0.15) is 0 Å². The highest BCUT2D eigenvalue weighted by Gasteiger charge is 2.24. The Balaban J connectivity index is 0.00000392. The number of carbonyl (C=O) groups is 1. The van der Waals surface area contributed by atoms with Gasteiger partial charge in [-0.25, -0.2) is 0 Å². The van der Waals surface area contributed by atoms with Crippen LogP contribution in [0.15, 0.2) is 29.3 Å². The lowest BCUT2D eigenvalue weighted by Gasteiger charge is -2.35. The van der Waals surface area contributed by atoms with Gasteiger partial charge in [-0.05, 0) is 50.6 Å². The lowest BCUT2D eigenvalue weighted by Crippen LogP contribution is -2.48. The van der Waals surface area contributed by atoms with E-state index in [-0.39, 0.29) is 35.9 Å². The van der Waals surface area contributed by atoms with Crippen molar-refractivity contribution < 1.29 is 9.53 Å². The number of aliphatic imine (C=N–C) groups is 1. The molecule has 1 fully saturated rings. The van der Waals surface area contributed by atoms with Crippen LogP contribution in [0.4, 0.5) is 0 Å². The molecule has 2 unspecified atom stereocenters. The molecule has 1 aliphatic rings. The molecule has 0 bridgehead atoms. The maximum atomic E-state index is 11.2. The van der Waals surface area contributed by atoms with E-state index in [1.807, 2.05) is 12.1 Å². The first-order valence-corrected chi connectivity index (χ1v) is 9.48. The number of nitrogens with one attached hydrogen (secondary N) is 1. The van der Waals surface area contributed by atoms with E-state index in [1.54, 1.807) is 14.2 Å². The number of hydrogen-bond donors (Lipinski definition) is 2. The molecule has 1 aromatic rings.